The molecule has 5 heteroatoms. The molecule has 1 aliphatic rings. The van der Waals surface area contributed by atoms with E-state index in [1.165, 1.54) is 0 Å². The number of rotatable bonds is 2. The molecule has 1 fully saturated rings. The van der Waals surface area contributed by atoms with Crippen LogP contribution in [0.1, 0.15) is 37.1 Å². The van der Waals surface area contributed by atoms with Gasteiger partial charge in [0.2, 0.25) is 0 Å². The van der Waals surface area contributed by atoms with Crippen LogP contribution in [0.5, 0.6) is 0 Å². The molecular weight excluding hydrogens is 343 g/mol. The quantitative estimate of drug-likeness (QED) is 0.548. The molecule has 1 saturated heterocycles. The minimum absolute atomic E-state index is 0.0463. The third-order valence-corrected chi connectivity index (χ3v) is 5.37. The maximum Gasteiger partial charge on any atom is 0.0664 e. The highest BCUT2D eigenvalue weighted by atomic mass is 35.5. The van der Waals surface area contributed by atoms with Gasteiger partial charge in [-0.05, 0) is 35.4 Å². The van der Waals surface area contributed by atoms with Gasteiger partial charge in [0.1, 0.15) is 0 Å². The van der Waals surface area contributed by atoms with Gasteiger partial charge in [0, 0.05) is 34.0 Å². The van der Waals surface area contributed by atoms with Gasteiger partial charge in [-0.3, -0.25) is 0 Å². The van der Waals surface area contributed by atoms with Gasteiger partial charge in [-0.1, -0.05) is 66.5 Å². The van der Waals surface area contributed by atoms with E-state index in [1.54, 1.807) is 0 Å². The van der Waals surface area contributed by atoms with Gasteiger partial charge < -0.3 is 10.5 Å². The molecule has 24 heavy (non-hydrogen) atoms. The van der Waals surface area contributed by atoms with Crippen molar-refractivity contribution < 1.29 is 5.21 Å². The fraction of sp³-hybridized carbons (Fsp3) is 0.316. The number of benzene rings is 2. The van der Waals surface area contributed by atoms with E-state index in [1.807, 2.05) is 48.5 Å². The number of nitrogens with one attached hydrogen (secondary N) is 1. The van der Waals surface area contributed by atoms with E-state index in [0.29, 0.717) is 10.0 Å². The van der Waals surface area contributed by atoms with Gasteiger partial charge in [-0.15, -0.1) is 0 Å². The standard InChI is InChI=1S/C19H20Cl2N2O/c1-11-17(23-24)12(2)19(14-5-9-16(21)10-6-14)22-18(11)13-3-7-15(20)8-4-13/h3-12,18-19,22,24H,1-2H3/t11-,12+,18-,19-/m1/s1. The van der Waals surface area contributed by atoms with Gasteiger partial charge in [-0.25, -0.2) is 0 Å². The van der Waals surface area contributed by atoms with Crippen molar-refractivity contribution in [2.24, 2.45) is 17.0 Å². The second-order valence-corrected chi connectivity index (χ2v) is 7.20. The van der Waals surface area contributed by atoms with Gasteiger partial charge in [0.15, 0.2) is 0 Å². The van der Waals surface area contributed by atoms with Crippen LogP contribution in [0.2, 0.25) is 10.0 Å². The van der Waals surface area contributed by atoms with Crippen molar-refractivity contribution in [1.82, 2.24) is 5.32 Å². The minimum atomic E-state index is 0.0463. The van der Waals surface area contributed by atoms with Crippen LogP contribution in [0.25, 0.3) is 0 Å². The fourth-order valence-corrected chi connectivity index (χ4v) is 3.78. The van der Waals surface area contributed by atoms with Gasteiger partial charge in [-0.2, -0.15) is 0 Å². The minimum Gasteiger partial charge on any atom is -0.411 e. The molecule has 0 aliphatic carbocycles. The summed E-state index contributed by atoms with van der Waals surface area (Å²) in [5, 5.41) is 18.3. The summed E-state index contributed by atoms with van der Waals surface area (Å²) in [6.07, 6.45) is 0. The molecule has 0 bridgehead atoms. The molecule has 0 unspecified atom stereocenters. The van der Waals surface area contributed by atoms with Crippen molar-refractivity contribution in [2.45, 2.75) is 25.9 Å². The number of piperidine rings is 1. The zero-order valence-corrected chi connectivity index (χ0v) is 15.1. The Labute approximate surface area is 152 Å². The van der Waals surface area contributed by atoms with Crippen molar-refractivity contribution in [3.8, 4) is 0 Å². The van der Waals surface area contributed by atoms with E-state index in [9.17, 15) is 5.21 Å². The van der Waals surface area contributed by atoms with Crippen molar-refractivity contribution in [1.29, 1.82) is 0 Å². The molecule has 1 heterocycles. The maximum atomic E-state index is 9.57. The highest BCUT2D eigenvalue weighted by Crippen LogP contribution is 2.39. The van der Waals surface area contributed by atoms with E-state index >= 15 is 0 Å². The van der Waals surface area contributed by atoms with Crippen molar-refractivity contribution in [3.63, 3.8) is 0 Å². The Morgan fingerprint density at radius 1 is 0.792 bits per heavy atom. The molecule has 1 aliphatic heterocycles. The van der Waals surface area contributed by atoms with Crippen LogP contribution in [-0.4, -0.2) is 10.9 Å². The molecule has 0 amide bonds. The summed E-state index contributed by atoms with van der Waals surface area (Å²) in [6, 6.07) is 15.7. The lowest BCUT2D eigenvalue weighted by Crippen LogP contribution is -2.46. The Hall–Kier alpha value is -1.55. The van der Waals surface area contributed by atoms with Gasteiger partial charge in [0.25, 0.3) is 0 Å². The van der Waals surface area contributed by atoms with Crippen molar-refractivity contribution >= 4 is 28.9 Å². The third kappa shape index (κ3) is 3.30. The number of hydrogen-bond acceptors (Lipinski definition) is 3. The summed E-state index contributed by atoms with van der Waals surface area (Å²) in [7, 11) is 0. The number of halogens is 2. The summed E-state index contributed by atoms with van der Waals surface area (Å²) in [5.74, 6) is 0.157. The van der Waals surface area contributed by atoms with E-state index in [-0.39, 0.29) is 23.9 Å². The van der Waals surface area contributed by atoms with Crippen LogP contribution in [-0.2, 0) is 0 Å². The average Bonchev–Trinajstić information content (AvgIpc) is 2.58. The average molecular weight is 363 g/mol. The summed E-state index contributed by atoms with van der Waals surface area (Å²) in [4.78, 5) is 0. The first-order valence-corrected chi connectivity index (χ1v) is 8.75. The Kier molecular flexibility index (Phi) is 5.14. The van der Waals surface area contributed by atoms with E-state index < -0.39 is 0 Å². The third-order valence-electron chi connectivity index (χ3n) is 4.87. The maximum absolute atomic E-state index is 9.57. The smallest absolute Gasteiger partial charge is 0.0664 e. The predicted octanol–water partition coefficient (Wildman–Crippen LogP) is 5.48. The highest BCUT2D eigenvalue weighted by molar-refractivity contribution is 6.30. The van der Waals surface area contributed by atoms with Crippen LogP contribution in [0, 0.1) is 11.8 Å². The topological polar surface area (TPSA) is 44.6 Å². The molecule has 126 valence electrons. The first-order valence-electron chi connectivity index (χ1n) is 8.00. The number of nitrogens with zero attached hydrogens (tertiary/aromatic N) is 1. The first-order chi connectivity index (χ1) is 11.5. The highest BCUT2D eigenvalue weighted by Gasteiger charge is 2.39. The predicted molar refractivity (Wildman–Crippen MR) is 99.1 cm³/mol. The molecule has 3 rings (SSSR count). The van der Waals surface area contributed by atoms with E-state index in [2.05, 4.69) is 24.3 Å². The second-order valence-electron chi connectivity index (χ2n) is 6.33. The summed E-state index contributed by atoms with van der Waals surface area (Å²) in [5.41, 5.74) is 3.05. The molecule has 3 nitrogen and oxygen atoms in total. The lowest BCUT2D eigenvalue weighted by atomic mass is 9.75. The van der Waals surface area contributed by atoms with Gasteiger partial charge >= 0.3 is 0 Å². The summed E-state index contributed by atoms with van der Waals surface area (Å²) >= 11 is 12.0. The molecular formula is C19H20Cl2N2O. The SMILES string of the molecule is C[C@@H]1C(=NO)[C@H](C)[C@H](c2ccc(Cl)cc2)N[C@H]1c1ccc(Cl)cc1. The van der Waals surface area contributed by atoms with Crippen molar-refractivity contribution in [2.75, 3.05) is 0 Å². The fourth-order valence-electron chi connectivity index (χ4n) is 3.53. The molecule has 0 saturated carbocycles. The molecule has 0 spiro atoms. The van der Waals surface area contributed by atoms with E-state index in [0.717, 1.165) is 16.8 Å². The Morgan fingerprint density at radius 2 is 1.17 bits per heavy atom. The second kappa shape index (κ2) is 7.14. The lowest BCUT2D eigenvalue weighted by Gasteiger charge is -2.41. The number of hydrogen-bond donors (Lipinski definition) is 2. The monoisotopic (exact) mass is 362 g/mol. The van der Waals surface area contributed by atoms with Crippen LogP contribution in [0.4, 0.5) is 0 Å². The molecule has 0 radical (unpaired) electrons. The molecule has 2 aromatic carbocycles. The summed E-state index contributed by atoms with van der Waals surface area (Å²) < 4.78 is 0. The molecule has 0 aromatic heterocycles. The van der Waals surface area contributed by atoms with Gasteiger partial charge in [0.05, 0.1) is 5.71 Å². The number of oxime groups is 1. The molecule has 2 N–H and O–H groups in total. The Bertz CT molecular complexity index is 669. The summed E-state index contributed by atoms with van der Waals surface area (Å²) in [6.45, 7) is 4.16. The zero-order valence-electron chi connectivity index (χ0n) is 13.6. The van der Waals surface area contributed by atoms with E-state index in [4.69, 9.17) is 23.2 Å². The molecule has 2 aromatic rings. The normalized spacial score (nSPS) is 28.9. The van der Waals surface area contributed by atoms with Crippen LogP contribution in [0.3, 0.4) is 0 Å². The van der Waals surface area contributed by atoms with Crippen LogP contribution >= 0.6 is 23.2 Å². The zero-order chi connectivity index (χ0) is 17.3. The molecule has 4 atom stereocenters. The first kappa shape index (κ1) is 17.3. The lowest BCUT2D eigenvalue weighted by molar-refractivity contribution is 0.271. The van der Waals surface area contributed by atoms with Crippen LogP contribution in [0.15, 0.2) is 53.7 Å². The Morgan fingerprint density at radius 3 is 1.50 bits per heavy atom. The largest absolute Gasteiger partial charge is 0.411 e. The van der Waals surface area contributed by atoms with Crippen molar-refractivity contribution in [3.05, 3.63) is 69.7 Å². The Balaban J connectivity index is 1.98. The van der Waals surface area contributed by atoms with Crippen LogP contribution < -0.4 is 5.32 Å².